The number of ether oxygens (including phenoxy) is 1. The zero-order valence-electron chi connectivity index (χ0n) is 34.0. The van der Waals surface area contributed by atoms with Gasteiger partial charge in [-0.15, -0.1) is 21.5 Å². The number of aromatic amines is 1. The number of carbonyl (C=O) groups is 2. The lowest BCUT2D eigenvalue weighted by Crippen LogP contribution is -2.28. The van der Waals surface area contributed by atoms with Crippen LogP contribution in [-0.2, 0) is 19.6 Å². The summed E-state index contributed by atoms with van der Waals surface area (Å²) in [5, 5.41) is 26.0. The third-order valence-corrected chi connectivity index (χ3v) is 13.4. The molecule has 0 bridgehead atoms. The summed E-state index contributed by atoms with van der Waals surface area (Å²) in [7, 11) is -2.55. The maximum atomic E-state index is 13.2. The number of aryl methyl sites for hydroxylation is 3. The Morgan fingerprint density at radius 3 is 2.28 bits per heavy atom. The van der Waals surface area contributed by atoms with Crippen molar-refractivity contribution in [1.82, 2.24) is 25.1 Å². The fourth-order valence-corrected chi connectivity index (χ4v) is 9.72. The number of carbonyl (C=O) groups excluding carboxylic acids is 2. The van der Waals surface area contributed by atoms with E-state index in [0.29, 0.717) is 52.3 Å². The molecule has 0 spiro atoms. The highest BCUT2D eigenvalue weighted by molar-refractivity contribution is 7.92. The highest BCUT2D eigenvalue weighted by Crippen LogP contribution is 2.40. The first-order valence-corrected chi connectivity index (χ1v) is 21.7. The molecule has 1 aliphatic heterocycles. The van der Waals surface area contributed by atoms with Gasteiger partial charge in [0.2, 0.25) is 0 Å². The molecule has 0 radical (unpaired) electrons. The maximum Gasteiger partial charge on any atom is 0.308 e. The van der Waals surface area contributed by atoms with Crippen molar-refractivity contribution in [3.05, 3.63) is 141 Å². The van der Waals surface area contributed by atoms with Crippen LogP contribution in [0.4, 0.5) is 11.4 Å². The largest absolute Gasteiger partial charge is 0.469 e. The number of nitriles is 1. The Labute approximate surface area is 356 Å². The molecule has 0 fully saturated rings. The van der Waals surface area contributed by atoms with Crippen molar-refractivity contribution in [3.63, 3.8) is 0 Å². The van der Waals surface area contributed by atoms with Gasteiger partial charge in [-0.1, -0.05) is 42.5 Å². The second-order valence-electron chi connectivity index (χ2n) is 14.6. The van der Waals surface area contributed by atoms with Gasteiger partial charge in [0.25, 0.3) is 15.9 Å². The van der Waals surface area contributed by atoms with Crippen LogP contribution in [0.5, 0.6) is 0 Å². The molecule has 61 heavy (non-hydrogen) atoms. The summed E-state index contributed by atoms with van der Waals surface area (Å²) in [6, 6.07) is 26.8. The van der Waals surface area contributed by atoms with E-state index in [-0.39, 0.29) is 23.2 Å². The number of hydrogen-bond acceptors (Lipinski definition) is 11. The van der Waals surface area contributed by atoms with E-state index in [1.165, 1.54) is 19.2 Å². The number of benzene rings is 4. The number of rotatable bonds is 12. The van der Waals surface area contributed by atoms with E-state index in [1.807, 2.05) is 54.8 Å². The summed E-state index contributed by atoms with van der Waals surface area (Å²) in [6.45, 7) is 8.68. The van der Waals surface area contributed by atoms with Crippen LogP contribution in [0, 0.1) is 39.0 Å². The van der Waals surface area contributed by atoms with Gasteiger partial charge in [-0.05, 0) is 92.4 Å². The van der Waals surface area contributed by atoms with E-state index in [1.54, 1.807) is 53.9 Å². The number of thiophene rings is 1. The van der Waals surface area contributed by atoms with Gasteiger partial charge in [0.15, 0.2) is 5.82 Å². The topological polar surface area (TPSA) is 196 Å². The standard InChI is InChI=1S/C45H41N9O5S2/c1-25-6-19-36(42-39(25)33(23-46)24-49-42)53-61(57,58)35-17-15-34(16-18-35)47-20-21-48-44(56)32-13-9-30(10-14-32)29-7-11-31(12-8-29)41-40-26(2)27(3)60-45(40)54-28(4)51-52-43(54)37(50-41)22-38(55)59-5/h6-19,24,37,47,49,53H,20-22H2,1-5H3,(H,48,56)/t37-/m0/s1. The number of aromatic nitrogens is 4. The molecule has 1 aliphatic rings. The number of methoxy groups -OCH3 is 1. The number of aliphatic imine (C=N–C) groups is 1. The minimum atomic E-state index is -3.91. The molecular formula is C45H41N9O5S2. The molecule has 0 unspecified atom stereocenters. The molecule has 0 saturated heterocycles. The Morgan fingerprint density at radius 1 is 0.902 bits per heavy atom. The van der Waals surface area contributed by atoms with E-state index in [0.717, 1.165) is 54.8 Å². The third kappa shape index (κ3) is 7.88. The number of amides is 1. The fourth-order valence-electron chi connectivity index (χ4n) is 7.43. The van der Waals surface area contributed by atoms with Crippen molar-refractivity contribution < 1.29 is 22.7 Å². The molecule has 4 N–H and O–H groups in total. The minimum Gasteiger partial charge on any atom is -0.469 e. The minimum absolute atomic E-state index is 0.0292. The van der Waals surface area contributed by atoms with Crippen molar-refractivity contribution in [1.29, 1.82) is 5.26 Å². The van der Waals surface area contributed by atoms with Gasteiger partial charge in [-0.3, -0.25) is 23.9 Å². The fraction of sp³-hybridized carbons (Fsp3) is 0.200. The number of anilines is 2. The lowest BCUT2D eigenvalue weighted by Gasteiger charge is -2.12. The van der Waals surface area contributed by atoms with Crippen LogP contribution in [0.15, 0.2) is 101 Å². The molecule has 4 heterocycles. The summed E-state index contributed by atoms with van der Waals surface area (Å²) < 4.78 is 36.1. The zero-order valence-corrected chi connectivity index (χ0v) is 35.6. The number of nitrogens with zero attached hydrogens (tertiary/aromatic N) is 5. The van der Waals surface area contributed by atoms with Crippen LogP contribution >= 0.6 is 11.3 Å². The number of nitrogens with one attached hydrogen (secondary N) is 4. The van der Waals surface area contributed by atoms with Crippen molar-refractivity contribution >= 4 is 61.2 Å². The molecular weight excluding hydrogens is 811 g/mol. The van der Waals surface area contributed by atoms with Crippen LogP contribution < -0.4 is 15.4 Å². The molecule has 308 valence electrons. The van der Waals surface area contributed by atoms with Gasteiger partial charge in [0, 0.05) is 51.9 Å². The number of esters is 1. The van der Waals surface area contributed by atoms with Crippen molar-refractivity contribution in [2.75, 3.05) is 30.2 Å². The van der Waals surface area contributed by atoms with Crippen LogP contribution in [0.3, 0.4) is 0 Å². The lowest BCUT2D eigenvalue weighted by atomic mass is 9.96. The summed E-state index contributed by atoms with van der Waals surface area (Å²) in [6.07, 6.45) is 1.59. The predicted molar refractivity (Wildman–Crippen MR) is 236 cm³/mol. The zero-order chi connectivity index (χ0) is 43.0. The SMILES string of the molecule is COC(=O)C[C@@H]1N=C(c2ccc(-c3ccc(C(=O)NCCNc4ccc(S(=O)(=O)Nc5ccc(C)c6c(C#N)c[nH]c56)cc4)cc3)cc2)c2c(sc(C)c2C)-n2c(C)nnc21. The summed E-state index contributed by atoms with van der Waals surface area (Å²) in [4.78, 5) is 34.9. The summed E-state index contributed by atoms with van der Waals surface area (Å²) in [5.41, 5.74) is 9.07. The van der Waals surface area contributed by atoms with Crippen LogP contribution in [-0.4, -0.2) is 66.0 Å². The van der Waals surface area contributed by atoms with Gasteiger partial charge in [0.1, 0.15) is 22.9 Å². The van der Waals surface area contributed by atoms with E-state index < -0.39 is 16.1 Å². The van der Waals surface area contributed by atoms with Crippen LogP contribution in [0.25, 0.3) is 27.0 Å². The van der Waals surface area contributed by atoms with E-state index in [9.17, 15) is 23.3 Å². The Balaban J connectivity index is 0.886. The number of sulfonamides is 1. The number of H-pyrrole nitrogens is 1. The monoisotopic (exact) mass is 851 g/mol. The maximum absolute atomic E-state index is 13.2. The van der Waals surface area contributed by atoms with Gasteiger partial charge < -0.3 is 20.4 Å². The molecule has 8 rings (SSSR count). The van der Waals surface area contributed by atoms with Gasteiger partial charge in [-0.25, -0.2) is 8.42 Å². The Morgan fingerprint density at radius 2 is 1.59 bits per heavy atom. The molecule has 7 aromatic rings. The van der Waals surface area contributed by atoms with Gasteiger partial charge in [0.05, 0.1) is 40.9 Å². The smallest absolute Gasteiger partial charge is 0.308 e. The highest BCUT2D eigenvalue weighted by atomic mass is 32.2. The normalized spacial score (nSPS) is 13.4. The van der Waals surface area contributed by atoms with Crippen molar-refractivity contribution in [2.24, 2.45) is 4.99 Å². The summed E-state index contributed by atoms with van der Waals surface area (Å²) in [5.74, 6) is 0.714. The third-order valence-electron chi connectivity index (χ3n) is 10.8. The number of hydrogen-bond donors (Lipinski definition) is 4. The molecule has 4 aromatic carbocycles. The van der Waals surface area contributed by atoms with Gasteiger partial charge >= 0.3 is 5.97 Å². The van der Waals surface area contributed by atoms with Crippen LogP contribution in [0.2, 0.25) is 0 Å². The van der Waals surface area contributed by atoms with E-state index >= 15 is 0 Å². The molecule has 0 aliphatic carbocycles. The first-order chi connectivity index (χ1) is 29.4. The van der Waals surface area contributed by atoms with E-state index in [2.05, 4.69) is 50.5 Å². The molecule has 3 aromatic heterocycles. The predicted octanol–water partition coefficient (Wildman–Crippen LogP) is 7.68. The molecule has 1 amide bonds. The molecule has 16 heteroatoms. The highest BCUT2D eigenvalue weighted by Gasteiger charge is 2.32. The van der Waals surface area contributed by atoms with Crippen molar-refractivity contribution in [2.45, 2.75) is 45.1 Å². The second kappa shape index (κ2) is 16.5. The van der Waals surface area contributed by atoms with Gasteiger partial charge in [-0.2, -0.15) is 5.26 Å². The first-order valence-electron chi connectivity index (χ1n) is 19.4. The molecule has 1 atom stereocenters. The van der Waals surface area contributed by atoms with E-state index in [4.69, 9.17) is 9.73 Å². The van der Waals surface area contributed by atoms with Crippen molar-refractivity contribution in [3.8, 4) is 22.2 Å². The average Bonchev–Trinajstić information content (AvgIpc) is 3.94. The van der Waals surface area contributed by atoms with Crippen LogP contribution in [0.1, 0.15) is 67.2 Å². The molecule has 14 nitrogen and oxygen atoms in total. The molecule has 0 saturated carbocycles. The lowest BCUT2D eigenvalue weighted by molar-refractivity contribution is -0.141. The quantitative estimate of drug-likeness (QED) is 0.0704. The Bertz CT molecular complexity index is 3010. The summed E-state index contributed by atoms with van der Waals surface area (Å²) >= 11 is 1.65. The first kappa shape index (κ1) is 40.7. The number of fused-ring (bicyclic) bond motifs is 4. The Hall–Kier alpha value is -7.09. The average molecular weight is 852 g/mol. The Kier molecular flexibility index (Phi) is 11.0. The second-order valence-corrected chi connectivity index (χ2v) is 17.5.